The highest BCUT2D eigenvalue weighted by atomic mass is 16.5. The number of ether oxygens (including phenoxy) is 1. The smallest absolute Gasteiger partial charge is 0.289 e. The summed E-state index contributed by atoms with van der Waals surface area (Å²) >= 11 is 0. The molecule has 0 N–H and O–H groups in total. The van der Waals surface area contributed by atoms with Crippen LogP contribution in [0.15, 0.2) is 34.7 Å². The Bertz CT molecular complexity index is 688. The number of hydrogen-bond donors (Lipinski definition) is 0. The zero-order valence-electron chi connectivity index (χ0n) is 14.7. The second-order valence-corrected chi connectivity index (χ2v) is 7.11. The minimum absolute atomic E-state index is 0.0228. The van der Waals surface area contributed by atoms with Gasteiger partial charge in [-0.05, 0) is 44.5 Å². The van der Waals surface area contributed by atoms with Crippen molar-refractivity contribution in [3.8, 4) is 0 Å². The van der Waals surface area contributed by atoms with Gasteiger partial charge in [0.1, 0.15) is 5.58 Å². The van der Waals surface area contributed by atoms with Crippen molar-refractivity contribution >= 4 is 16.9 Å². The van der Waals surface area contributed by atoms with Crippen molar-refractivity contribution in [3.63, 3.8) is 0 Å². The molecule has 1 aromatic heterocycles. The van der Waals surface area contributed by atoms with Crippen molar-refractivity contribution in [1.29, 1.82) is 0 Å². The van der Waals surface area contributed by atoms with Crippen molar-refractivity contribution in [2.75, 3.05) is 39.3 Å². The molecule has 2 saturated heterocycles. The highest BCUT2D eigenvalue weighted by Gasteiger charge is 2.27. The van der Waals surface area contributed by atoms with E-state index in [-0.39, 0.29) is 12.0 Å². The Kier molecular flexibility index (Phi) is 5.04. The number of benzene rings is 1. The lowest BCUT2D eigenvalue weighted by Crippen LogP contribution is -2.43. The fraction of sp³-hybridized carbons (Fsp3) is 0.550. The molecule has 3 heterocycles. The topological polar surface area (TPSA) is 45.9 Å². The van der Waals surface area contributed by atoms with Gasteiger partial charge in [0.15, 0.2) is 5.76 Å². The number of carbonyl (C=O) groups is 1. The molecule has 0 aliphatic carbocycles. The van der Waals surface area contributed by atoms with Gasteiger partial charge in [-0.2, -0.15) is 0 Å². The molecule has 5 heteroatoms. The van der Waals surface area contributed by atoms with Gasteiger partial charge in [0.25, 0.3) is 5.91 Å². The molecule has 2 aliphatic rings. The molecule has 1 aromatic carbocycles. The van der Waals surface area contributed by atoms with Crippen molar-refractivity contribution in [2.45, 2.75) is 31.8 Å². The first kappa shape index (κ1) is 16.6. The molecule has 25 heavy (non-hydrogen) atoms. The third kappa shape index (κ3) is 3.88. The van der Waals surface area contributed by atoms with E-state index in [1.165, 1.54) is 19.3 Å². The standard InChI is InChI=1S/C20H26N2O3/c23-20(19-13-16-7-2-3-8-18(16)25-19)22-11-6-12-24-17(15-22)14-21-9-4-1-5-10-21/h2-3,7-8,13,17H,1,4-6,9-12,14-15H2. The molecular formula is C20H26N2O3. The molecule has 5 nitrogen and oxygen atoms in total. The maximum Gasteiger partial charge on any atom is 0.289 e. The second kappa shape index (κ2) is 7.58. The Labute approximate surface area is 148 Å². The predicted molar refractivity (Wildman–Crippen MR) is 96.8 cm³/mol. The van der Waals surface area contributed by atoms with Gasteiger partial charge < -0.3 is 19.0 Å². The Morgan fingerprint density at radius 3 is 2.76 bits per heavy atom. The second-order valence-electron chi connectivity index (χ2n) is 7.11. The van der Waals surface area contributed by atoms with Crippen molar-refractivity contribution in [2.24, 2.45) is 0 Å². The number of piperidine rings is 1. The molecule has 4 rings (SSSR count). The molecule has 2 aromatic rings. The Morgan fingerprint density at radius 2 is 1.92 bits per heavy atom. The maximum absolute atomic E-state index is 12.9. The quantitative estimate of drug-likeness (QED) is 0.860. The fourth-order valence-electron chi connectivity index (χ4n) is 3.86. The van der Waals surface area contributed by atoms with Crippen LogP contribution in [0, 0.1) is 0 Å². The summed E-state index contributed by atoms with van der Waals surface area (Å²) in [5, 5.41) is 0.974. The van der Waals surface area contributed by atoms with Crippen LogP contribution >= 0.6 is 0 Å². The molecule has 134 valence electrons. The van der Waals surface area contributed by atoms with Crippen molar-refractivity contribution in [3.05, 3.63) is 36.1 Å². The highest BCUT2D eigenvalue weighted by molar-refractivity contribution is 5.96. The van der Waals surface area contributed by atoms with Crippen LogP contribution in [0.25, 0.3) is 11.0 Å². The zero-order chi connectivity index (χ0) is 17.1. The first-order valence-electron chi connectivity index (χ1n) is 9.41. The maximum atomic E-state index is 12.9. The lowest BCUT2D eigenvalue weighted by molar-refractivity contribution is 0.0211. The van der Waals surface area contributed by atoms with E-state index in [2.05, 4.69) is 4.90 Å². The van der Waals surface area contributed by atoms with Crippen molar-refractivity contribution < 1.29 is 13.9 Å². The third-order valence-electron chi connectivity index (χ3n) is 5.18. The summed E-state index contributed by atoms with van der Waals surface area (Å²) in [6.45, 7) is 5.32. The van der Waals surface area contributed by atoms with Crippen LogP contribution in [-0.2, 0) is 4.74 Å². The van der Waals surface area contributed by atoms with Crippen LogP contribution in [0.3, 0.4) is 0 Å². The van der Waals surface area contributed by atoms with Crippen LogP contribution in [0.2, 0.25) is 0 Å². The van der Waals surface area contributed by atoms with Gasteiger partial charge in [-0.1, -0.05) is 24.6 Å². The predicted octanol–water partition coefficient (Wildman–Crippen LogP) is 3.15. The normalized spacial score (nSPS) is 22.9. The third-order valence-corrected chi connectivity index (χ3v) is 5.18. The number of rotatable bonds is 3. The van der Waals surface area contributed by atoms with E-state index < -0.39 is 0 Å². The lowest BCUT2D eigenvalue weighted by atomic mass is 10.1. The van der Waals surface area contributed by atoms with E-state index >= 15 is 0 Å². The summed E-state index contributed by atoms with van der Waals surface area (Å²) in [5.74, 6) is 0.408. The van der Waals surface area contributed by atoms with E-state index in [0.29, 0.717) is 12.3 Å². The number of fused-ring (bicyclic) bond motifs is 1. The largest absolute Gasteiger partial charge is 0.451 e. The van der Waals surface area contributed by atoms with E-state index in [0.717, 1.165) is 50.2 Å². The molecule has 0 spiro atoms. The average molecular weight is 342 g/mol. The molecule has 0 saturated carbocycles. The number of nitrogens with zero attached hydrogens (tertiary/aromatic N) is 2. The molecule has 1 unspecified atom stereocenters. The lowest BCUT2D eigenvalue weighted by Gasteiger charge is -2.31. The highest BCUT2D eigenvalue weighted by Crippen LogP contribution is 2.21. The minimum atomic E-state index is -0.0228. The van der Waals surface area contributed by atoms with Crippen molar-refractivity contribution in [1.82, 2.24) is 9.80 Å². The molecular weight excluding hydrogens is 316 g/mol. The van der Waals surface area contributed by atoms with Gasteiger partial charge in [0.05, 0.1) is 6.10 Å². The summed E-state index contributed by atoms with van der Waals surface area (Å²) in [4.78, 5) is 17.3. The van der Waals surface area contributed by atoms with Crippen LogP contribution in [0.1, 0.15) is 36.2 Å². The Morgan fingerprint density at radius 1 is 1.08 bits per heavy atom. The van der Waals surface area contributed by atoms with Gasteiger partial charge in [-0.25, -0.2) is 0 Å². The van der Waals surface area contributed by atoms with E-state index in [4.69, 9.17) is 9.15 Å². The summed E-state index contributed by atoms with van der Waals surface area (Å²) in [7, 11) is 0. The molecule has 2 aliphatic heterocycles. The van der Waals surface area contributed by atoms with E-state index in [1.807, 2.05) is 35.2 Å². The van der Waals surface area contributed by atoms with E-state index in [9.17, 15) is 4.79 Å². The molecule has 1 amide bonds. The van der Waals surface area contributed by atoms with Crippen LogP contribution in [-0.4, -0.2) is 61.1 Å². The van der Waals surface area contributed by atoms with Gasteiger partial charge >= 0.3 is 0 Å². The van der Waals surface area contributed by atoms with E-state index in [1.54, 1.807) is 0 Å². The van der Waals surface area contributed by atoms with Crippen LogP contribution < -0.4 is 0 Å². The van der Waals surface area contributed by atoms with Crippen LogP contribution in [0.4, 0.5) is 0 Å². The van der Waals surface area contributed by atoms with Gasteiger partial charge in [-0.3, -0.25) is 4.79 Å². The number of carbonyl (C=O) groups excluding carboxylic acids is 1. The summed E-state index contributed by atoms with van der Waals surface area (Å²) in [6.07, 6.45) is 4.85. The Balaban J connectivity index is 1.45. The molecule has 0 radical (unpaired) electrons. The summed E-state index contributed by atoms with van der Waals surface area (Å²) in [5.41, 5.74) is 0.766. The number of para-hydroxylation sites is 1. The number of hydrogen-bond acceptors (Lipinski definition) is 4. The SMILES string of the molecule is O=C(c1cc2ccccc2o1)N1CCCOC(CN2CCCCC2)C1. The van der Waals surface area contributed by atoms with Gasteiger partial charge in [0, 0.05) is 31.6 Å². The molecule has 2 fully saturated rings. The monoisotopic (exact) mass is 342 g/mol. The zero-order valence-corrected chi connectivity index (χ0v) is 14.7. The molecule has 1 atom stereocenters. The summed E-state index contributed by atoms with van der Waals surface area (Å²) < 4.78 is 11.8. The number of likely N-dealkylation sites (tertiary alicyclic amines) is 1. The molecule has 0 bridgehead atoms. The Hall–Kier alpha value is -1.85. The first-order valence-corrected chi connectivity index (χ1v) is 9.41. The number of amides is 1. The van der Waals surface area contributed by atoms with Gasteiger partial charge in [-0.15, -0.1) is 0 Å². The first-order chi connectivity index (χ1) is 12.3. The minimum Gasteiger partial charge on any atom is -0.451 e. The summed E-state index contributed by atoms with van der Waals surface area (Å²) in [6, 6.07) is 9.61. The van der Waals surface area contributed by atoms with Crippen LogP contribution in [0.5, 0.6) is 0 Å². The average Bonchev–Trinajstić information content (AvgIpc) is 2.95. The fourth-order valence-corrected chi connectivity index (χ4v) is 3.86. The van der Waals surface area contributed by atoms with Gasteiger partial charge in [0.2, 0.25) is 0 Å². The number of furan rings is 1.